The number of fused-ring (bicyclic) bond motifs is 5. The average molecular weight is 477 g/mol. The maximum Gasteiger partial charge on any atom is 0.0653 e. The molecule has 0 spiro atoms. The quantitative estimate of drug-likeness (QED) is 0.397. The normalized spacial score (nSPS) is 50.1. The van der Waals surface area contributed by atoms with Gasteiger partial charge in [-0.3, -0.25) is 0 Å². The molecular formula is C30H52O4. The first-order valence-electron chi connectivity index (χ1n) is 14.0. The van der Waals surface area contributed by atoms with Gasteiger partial charge in [0.05, 0.1) is 24.4 Å². The molecule has 4 nitrogen and oxygen atoms in total. The molecule has 0 aromatic rings. The first-order chi connectivity index (χ1) is 15.7. The zero-order valence-corrected chi connectivity index (χ0v) is 22.9. The molecule has 4 heteroatoms. The Morgan fingerprint density at radius 2 is 1.62 bits per heavy atom. The predicted octanol–water partition coefficient (Wildman–Crippen LogP) is 5.47. The maximum absolute atomic E-state index is 11.9. The summed E-state index contributed by atoms with van der Waals surface area (Å²) in [6.45, 7) is 15.8. The number of aliphatic hydroxyl groups excluding tert-OH is 3. The third-order valence-corrected chi connectivity index (χ3v) is 12.6. The molecule has 0 aromatic heterocycles. The molecule has 4 rings (SSSR count). The van der Waals surface area contributed by atoms with Gasteiger partial charge in [-0.1, -0.05) is 46.3 Å². The van der Waals surface area contributed by atoms with Crippen molar-refractivity contribution in [1.29, 1.82) is 0 Å². The molecule has 0 aromatic carbocycles. The van der Waals surface area contributed by atoms with Crippen LogP contribution in [0.1, 0.15) is 106 Å². The van der Waals surface area contributed by atoms with Gasteiger partial charge in [0, 0.05) is 5.41 Å². The fourth-order valence-electron chi connectivity index (χ4n) is 10.3. The van der Waals surface area contributed by atoms with Gasteiger partial charge >= 0.3 is 0 Å². The van der Waals surface area contributed by atoms with Gasteiger partial charge in [-0.25, -0.2) is 0 Å². The van der Waals surface area contributed by atoms with Crippen molar-refractivity contribution in [3.05, 3.63) is 11.6 Å². The van der Waals surface area contributed by atoms with Crippen molar-refractivity contribution in [2.75, 3.05) is 6.61 Å². The molecule has 0 saturated heterocycles. The zero-order chi connectivity index (χ0) is 25.3. The predicted molar refractivity (Wildman–Crippen MR) is 137 cm³/mol. The fourth-order valence-corrected chi connectivity index (χ4v) is 10.3. The van der Waals surface area contributed by atoms with E-state index in [1.807, 2.05) is 13.8 Å². The molecule has 0 aliphatic heterocycles. The molecule has 4 aliphatic carbocycles. The van der Waals surface area contributed by atoms with Crippen molar-refractivity contribution < 1.29 is 20.4 Å². The van der Waals surface area contributed by atoms with Crippen LogP contribution in [0.2, 0.25) is 0 Å². The van der Waals surface area contributed by atoms with Crippen LogP contribution in [0.5, 0.6) is 0 Å². The second-order valence-corrected chi connectivity index (χ2v) is 14.4. The summed E-state index contributed by atoms with van der Waals surface area (Å²) in [5.74, 6) is 1.45. The summed E-state index contributed by atoms with van der Waals surface area (Å²) < 4.78 is 0. The SMILES string of the molecule is C/C(=C/CC[C@](C)(O)[C@H]1CC[C@]2(C)[C@@H]1CC[C@@H]1[C@@]3(C)CC[C@H](O)C(C)(C)[C@@H]3C[C@H](O)[C@]12C)CO. The topological polar surface area (TPSA) is 80.9 Å². The Bertz CT molecular complexity index is 802. The summed E-state index contributed by atoms with van der Waals surface area (Å²) in [6, 6.07) is 0. The Balaban J connectivity index is 1.63. The summed E-state index contributed by atoms with van der Waals surface area (Å²) in [5.41, 5.74) is 0.0366. The van der Waals surface area contributed by atoms with Gasteiger partial charge in [0.25, 0.3) is 0 Å². The molecule has 34 heavy (non-hydrogen) atoms. The van der Waals surface area contributed by atoms with Gasteiger partial charge in [-0.15, -0.1) is 0 Å². The summed E-state index contributed by atoms with van der Waals surface area (Å²) in [6.07, 6.45) is 9.94. The second-order valence-electron chi connectivity index (χ2n) is 14.4. The van der Waals surface area contributed by atoms with E-state index in [0.29, 0.717) is 17.8 Å². The third kappa shape index (κ3) is 3.60. The highest BCUT2D eigenvalue weighted by molar-refractivity contribution is 5.20. The second kappa shape index (κ2) is 8.57. The number of hydrogen-bond donors (Lipinski definition) is 4. The molecule has 4 fully saturated rings. The van der Waals surface area contributed by atoms with E-state index >= 15 is 0 Å². The summed E-state index contributed by atoms with van der Waals surface area (Å²) in [7, 11) is 0. The lowest BCUT2D eigenvalue weighted by Gasteiger charge is -2.71. The van der Waals surface area contributed by atoms with Crippen LogP contribution in [0.15, 0.2) is 11.6 Å². The molecular weight excluding hydrogens is 424 g/mol. The highest BCUT2D eigenvalue weighted by atomic mass is 16.3. The summed E-state index contributed by atoms with van der Waals surface area (Å²) >= 11 is 0. The van der Waals surface area contributed by atoms with Crippen LogP contribution in [-0.2, 0) is 0 Å². The molecule has 4 N–H and O–H groups in total. The van der Waals surface area contributed by atoms with Gasteiger partial charge in [0.1, 0.15) is 0 Å². The van der Waals surface area contributed by atoms with E-state index in [9.17, 15) is 20.4 Å². The Hall–Kier alpha value is -0.420. The minimum absolute atomic E-state index is 0.00896. The molecule has 4 saturated carbocycles. The molecule has 10 atom stereocenters. The molecule has 4 aliphatic rings. The minimum Gasteiger partial charge on any atom is -0.393 e. The van der Waals surface area contributed by atoms with Crippen LogP contribution in [0, 0.1) is 45.3 Å². The molecule has 196 valence electrons. The van der Waals surface area contributed by atoms with Crippen LogP contribution >= 0.6 is 0 Å². The number of rotatable bonds is 5. The zero-order valence-electron chi connectivity index (χ0n) is 22.9. The highest BCUT2D eigenvalue weighted by Gasteiger charge is 2.72. The lowest BCUT2D eigenvalue weighted by Crippen LogP contribution is -2.68. The Morgan fingerprint density at radius 1 is 0.941 bits per heavy atom. The fraction of sp³-hybridized carbons (Fsp3) is 0.933. The van der Waals surface area contributed by atoms with Gasteiger partial charge in [-0.2, -0.15) is 0 Å². The van der Waals surface area contributed by atoms with Gasteiger partial charge in [0.15, 0.2) is 0 Å². The van der Waals surface area contributed by atoms with E-state index in [-0.39, 0.29) is 46.4 Å². The van der Waals surface area contributed by atoms with Gasteiger partial charge in [0.2, 0.25) is 0 Å². The Labute approximate surface area is 208 Å². The van der Waals surface area contributed by atoms with E-state index in [1.54, 1.807) is 0 Å². The first kappa shape index (κ1) is 26.6. The van der Waals surface area contributed by atoms with E-state index in [4.69, 9.17) is 0 Å². The van der Waals surface area contributed by atoms with Crippen molar-refractivity contribution in [2.24, 2.45) is 45.3 Å². The number of allylic oxidation sites excluding steroid dienone is 1. The van der Waals surface area contributed by atoms with Crippen molar-refractivity contribution >= 4 is 0 Å². The maximum atomic E-state index is 11.9. The Kier molecular flexibility index (Phi) is 6.71. The molecule has 0 unspecified atom stereocenters. The smallest absolute Gasteiger partial charge is 0.0653 e. The van der Waals surface area contributed by atoms with E-state index < -0.39 is 5.60 Å². The lowest BCUT2D eigenvalue weighted by molar-refractivity contribution is -0.264. The first-order valence-corrected chi connectivity index (χ1v) is 14.0. The molecule has 0 radical (unpaired) electrons. The standard InChI is InChI=1S/C30H52O4/c1-19(18-31)9-8-14-29(6,34)21-12-16-28(5)20(21)10-11-22-27(4)15-13-24(32)26(2,3)23(27)17-25(33)30(22,28)7/h9,20-25,31-34H,8,10-18H2,1-7H3/b19-9-/t20-,21+,22-,23+,24+,25+,27-,28-,29+,30+/m1/s1. The highest BCUT2D eigenvalue weighted by Crippen LogP contribution is 2.75. The van der Waals surface area contributed by atoms with Gasteiger partial charge in [-0.05, 0) is 112 Å². The number of aliphatic hydroxyl groups is 4. The van der Waals surface area contributed by atoms with Crippen molar-refractivity contribution in [1.82, 2.24) is 0 Å². The monoisotopic (exact) mass is 476 g/mol. The van der Waals surface area contributed by atoms with Crippen LogP contribution in [0.25, 0.3) is 0 Å². The summed E-state index contributed by atoms with van der Waals surface area (Å²) in [5, 5.41) is 43.7. The molecule has 0 bridgehead atoms. The van der Waals surface area contributed by atoms with Crippen LogP contribution in [0.3, 0.4) is 0 Å². The largest absolute Gasteiger partial charge is 0.393 e. The van der Waals surface area contributed by atoms with Crippen LogP contribution in [0.4, 0.5) is 0 Å². The molecule has 0 heterocycles. The van der Waals surface area contributed by atoms with Crippen molar-refractivity contribution in [3.8, 4) is 0 Å². The van der Waals surface area contributed by atoms with Crippen LogP contribution < -0.4 is 0 Å². The van der Waals surface area contributed by atoms with E-state index in [1.165, 1.54) is 0 Å². The van der Waals surface area contributed by atoms with E-state index in [0.717, 1.165) is 63.4 Å². The third-order valence-electron chi connectivity index (χ3n) is 12.6. The summed E-state index contributed by atoms with van der Waals surface area (Å²) in [4.78, 5) is 0. The Morgan fingerprint density at radius 3 is 2.26 bits per heavy atom. The average Bonchev–Trinajstić information content (AvgIpc) is 3.13. The van der Waals surface area contributed by atoms with Crippen LogP contribution in [-0.4, -0.2) is 44.8 Å². The van der Waals surface area contributed by atoms with Gasteiger partial charge < -0.3 is 20.4 Å². The van der Waals surface area contributed by atoms with Crippen molar-refractivity contribution in [2.45, 2.75) is 124 Å². The minimum atomic E-state index is -0.735. The lowest BCUT2D eigenvalue weighted by atomic mass is 9.34. The van der Waals surface area contributed by atoms with Crippen molar-refractivity contribution in [3.63, 3.8) is 0 Å². The van der Waals surface area contributed by atoms with E-state index in [2.05, 4.69) is 40.7 Å². The molecule has 0 amide bonds. The number of hydrogen-bond acceptors (Lipinski definition) is 4.